The molecule has 0 saturated carbocycles. The minimum absolute atomic E-state index is 0.746. The Labute approximate surface area is 103 Å². The highest BCUT2D eigenvalue weighted by Crippen LogP contribution is 2.28. The predicted octanol–water partition coefficient (Wildman–Crippen LogP) is 3.56. The Bertz CT molecular complexity index is 548. The van der Waals surface area contributed by atoms with E-state index in [0.717, 1.165) is 16.9 Å². The van der Waals surface area contributed by atoms with Gasteiger partial charge >= 0.3 is 0 Å². The molecule has 0 aliphatic rings. The van der Waals surface area contributed by atoms with Gasteiger partial charge in [0.2, 0.25) is 0 Å². The minimum atomic E-state index is 0.746. The van der Waals surface area contributed by atoms with Crippen LogP contribution in [0.2, 0.25) is 0 Å². The number of hydrogen-bond donors (Lipinski definition) is 1. The first-order chi connectivity index (χ1) is 7.99. The SMILES string of the molecule is Cc1cc(C)c(-c2cc(C)c(N)cn2)c(C)c1. The molecule has 0 amide bonds. The maximum atomic E-state index is 5.80. The third kappa shape index (κ3) is 2.16. The molecule has 2 aromatic rings. The second-order valence-corrected chi connectivity index (χ2v) is 4.70. The summed E-state index contributed by atoms with van der Waals surface area (Å²) in [6.07, 6.45) is 1.74. The lowest BCUT2D eigenvalue weighted by atomic mass is 9.96. The van der Waals surface area contributed by atoms with E-state index < -0.39 is 0 Å². The molecule has 0 radical (unpaired) electrons. The van der Waals surface area contributed by atoms with Crippen LogP contribution in [0.3, 0.4) is 0 Å². The summed E-state index contributed by atoms with van der Waals surface area (Å²) in [5.41, 5.74) is 13.7. The molecule has 0 bridgehead atoms. The number of hydrogen-bond acceptors (Lipinski definition) is 2. The van der Waals surface area contributed by atoms with E-state index in [0.29, 0.717) is 0 Å². The summed E-state index contributed by atoms with van der Waals surface area (Å²) in [6.45, 7) is 8.39. The Kier molecular flexibility index (Phi) is 2.88. The molecule has 0 aliphatic heterocycles. The molecular weight excluding hydrogens is 208 g/mol. The van der Waals surface area contributed by atoms with Gasteiger partial charge in [-0.05, 0) is 50.5 Å². The maximum absolute atomic E-state index is 5.80. The van der Waals surface area contributed by atoms with Gasteiger partial charge in [-0.25, -0.2) is 0 Å². The van der Waals surface area contributed by atoms with E-state index in [9.17, 15) is 0 Å². The fourth-order valence-electron chi connectivity index (χ4n) is 2.29. The summed E-state index contributed by atoms with van der Waals surface area (Å²) in [4.78, 5) is 4.44. The van der Waals surface area contributed by atoms with E-state index in [1.54, 1.807) is 6.20 Å². The van der Waals surface area contributed by atoms with E-state index >= 15 is 0 Å². The molecule has 1 aromatic heterocycles. The van der Waals surface area contributed by atoms with Crippen molar-refractivity contribution >= 4 is 5.69 Å². The lowest BCUT2D eigenvalue weighted by Gasteiger charge is -2.12. The number of aryl methyl sites for hydroxylation is 4. The molecule has 2 heteroatoms. The second-order valence-electron chi connectivity index (χ2n) is 4.70. The van der Waals surface area contributed by atoms with Crippen LogP contribution in [0.4, 0.5) is 5.69 Å². The predicted molar refractivity (Wildman–Crippen MR) is 73.0 cm³/mol. The van der Waals surface area contributed by atoms with Crippen LogP contribution in [-0.2, 0) is 0 Å². The normalized spacial score (nSPS) is 10.6. The fourth-order valence-corrected chi connectivity index (χ4v) is 2.29. The van der Waals surface area contributed by atoms with Gasteiger partial charge in [0.1, 0.15) is 0 Å². The molecule has 2 N–H and O–H groups in total. The van der Waals surface area contributed by atoms with Gasteiger partial charge in [0.15, 0.2) is 0 Å². The summed E-state index contributed by atoms with van der Waals surface area (Å²) in [7, 11) is 0. The van der Waals surface area contributed by atoms with Crippen LogP contribution < -0.4 is 5.73 Å². The largest absolute Gasteiger partial charge is 0.397 e. The Morgan fingerprint density at radius 3 is 2.00 bits per heavy atom. The third-order valence-corrected chi connectivity index (χ3v) is 3.08. The van der Waals surface area contributed by atoms with Crippen molar-refractivity contribution in [2.75, 3.05) is 5.73 Å². The monoisotopic (exact) mass is 226 g/mol. The lowest BCUT2D eigenvalue weighted by molar-refractivity contribution is 1.24. The van der Waals surface area contributed by atoms with Crippen LogP contribution >= 0.6 is 0 Å². The quantitative estimate of drug-likeness (QED) is 0.807. The zero-order valence-corrected chi connectivity index (χ0v) is 10.8. The summed E-state index contributed by atoms with van der Waals surface area (Å²) in [5, 5.41) is 0. The Morgan fingerprint density at radius 2 is 1.47 bits per heavy atom. The molecule has 0 unspecified atom stereocenters. The van der Waals surface area contributed by atoms with Crippen LogP contribution in [0.25, 0.3) is 11.3 Å². The van der Waals surface area contributed by atoms with Crippen molar-refractivity contribution in [3.8, 4) is 11.3 Å². The number of nitrogens with two attached hydrogens (primary N) is 1. The fraction of sp³-hybridized carbons (Fsp3) is 0.267. The van der Waals surface area contributed by atoms with Crippen LogP contribution in [0.1, 0.15) is 22.3 Å². The van der Waals surface area contributed by atoms with Crippen molar-refractivity contribution in [1.29, 1.82) is 0 Å². The smallest absolute Gasteiger partial charge is 0.0711 e. The molecule has 1 aromatic carbocycles. The molecule has 2 rings (SSSR count). The van der Waals surface area contributed by atoms with E-state index in [1.165, 1.54) is 22.3 Å². The number of benzene rings is 1. The highest BCUT2D eigenvalue weighted by atomic mass is 14.7. The molecule has 88 valence electrons. The molecule has 1 heterocycles. The highest BCUT2D eigenvalue weighted by molar-refractivity contribution is 5.70. The van der Waals surface area contributed by atoms with Gasteiger partial charge in [0.05, 0.1) is 17.6 Å². The van der Waals surface area contributed by atoms with Crippen molar-refractivity contribution < 1.29 is 0 Å². The third-order valence-electron chi connectivity index (χ3n) is 3.08. The minimum Gasteiger partial charge on any atom is -0.397 e. The number of pyridine rings is 1. The number of nitrogens with zero attached hydrogens (tertiary/aromatic N) is 1. The Balaban J connectivity index is 2.64. The zero-order valence-electron chi connectivity index (χ0n) is 10.8. The summed E-state index contributed by atoms with van der Waals surface area (Å²) >= 11 is 0. The Morgan fingerprint density at radius 1 is 0.882 bits per heavy atom. The van der Waals surface area contributed by atoms with Gasteiger partial charge in [0, 0.05) is 5.56 Å². The van der Waals surface area contributed by atoms with E-state index in [2.05, 4.69) is 44.0 Å². The van der Waals surface area contributed by atoms with Crippen LogP contribution in [0.15, 0.2) is 24.4 Å². The van der Waals surface area contributed by atoms with Gasteiger partial charge < -0.3 is 5.73 Å². The van der Waals surface area contributed by atoms with Crippen molar-refractivity contribution in [3.05, 3.63) is 46.6 Å². The molecular formula is C15H18N2. The average molecular weight is 226 g/mol. The summed E-state index contributed by atoms with van der Waals surface area (Å²) in [6, 6.07) is 6.44. The van der Waals surface area contributed by atoms with Crippen molar-refractivity contribution in [2.45, 2.75) is 27.7 Å². The van der Waals surface area contributed by atoms with E-state index in [4.69, 9.17) is 5.73 Å². The van der Waals surface area contributed by atoms with Crippen LogP contribution in [-0.4, -0.2) is 4.98 Å². The van der Waals surface area contributed by atoms with Crippen molar-refractivity contribution in [3.63, 3.8) is 0 Å². The highest BCUT2D eigenvalue weighted by Gasteiger charge is 2.08. The zero-order chi connectivity index (χ0) is 12.6. The summed E-state index contributed by atoms with van der Waals surface area (Å²) < 4.78 is 0. The Hall–Kier alpha value is -1.83. The number of rotatable bonds is 1. The molecule has 2 nitrogen and oxygen atoms in total. The van der Waals surface area contributed by atoms with Crippen molar-refractivity contribution in [2.24, 2.45) is 0 Å². The first-order valence-corrected chi connectivity index (χ1v) is 5.79. The average Bonchev–Trinajstić information content (AvgIpc) is 2.21. The number of nitrogen functional groups attached to an aromatic ring is 1. The van der Waals surface area contributed by atoms with Gasteiger partial charge in [-0.15, -0.1) is 0 Å². The first kappa shape index (κ1) is 11.6. The van der Waals surface area contributed by atoms with Crippen LogP contribution in [0.5, 0.6) is 0 Å². The molecule has 0 atom stereocenters. The second kappa shape index (κ2) is 4.21. The van der Waals surface area contributed by atoms with E-state index in [1.807, 2.05) is 6.92 Å². The maximum Gasteiger partial charge on any atom is 0.0711 e. The van der Waals surface area contributed by atoms with Gasteiger partial charge in [0.25, 0.3) is 0 Å². The van der Waals surface area contributed by atoms with Gasteiger partial charge in [-0.3, -0.25) is 4.98 Å². The van der Waals surface area contributed by atoms with Crippen LogP contribution in [0, 0.1) is 27.7 Å². The van der Waals surface area contributed by atoms with Gasteiger partial charge in [-0.1, -0.05) is 17.7 Å². The molecule has 0 spiro atoms. The summed E-state index contributed by atoms with van der Waals surface area (Å²) in [5.74, 6) is 0. The molecule has 17 heavy (non-hydrogen) atoms. The standard InChI is InChI=1S/C15H18N2/c1-9-5-11(3)15(12(4)6-9)14-7-10(2)13(16)8-17-14/h5-8H,16H2,1-4H3. The molecule has 0 saturated heterocycles. The first-order valence-electron chi connectivity index (χ1n) is 5.79. The number of anilines is 1. The lowest BCUT2D eigenvalue weighted by Crippen LogP contribution is -1.96. The topological polar surface area (TPSA) is 38.9 Å². The van der Waals surface area contributed by atoms with Gasteiger partial charge in [-0.2, -0.15) is 0 Å². The van der Waals surface area contributed by atoms with E-state index in [-0.39, 0.29) is 0 Å². The molecule has 0 fully saturated rings. The number of aromatic nitrogens is 1. The molecule has 0 aliphatic carbocycles. The van der Waals surface area contributed by atoms with Crippen molar-refractivity contribution in [1.82, 2.24) is 4.98 Å².